The lowest BCUT2D eigenvalue weighted by molar-refractivity contribution is 0.0801. The average Bonchev–Trinajstić information content (AvgIpc) is 2.30. The van der Waals surface area contributed by atoms with Crippen LogP contribution in [0.1, 0.15) is 12.8 Å². The van der Waals surface area contributed by atoms with Gasteiger partial charge in [-0.25, -0.2) is 17.9 Å². The molecule has 0 saturated carbocycles. The Morgan fingerprint density at radius 1 is 1.35 bits per heavy atom. The van der Waals surface area contributed by atoms with Gasteiger partial charge in [0.2, 0.25) is 10.0 Å². The molecule has 0 unspecified atom stereocenters. The summed E-state index contributed by atoms with van der Waals surface area (Å²) in [7, 11) is -1.92. The minimum atomic E-state index is -3.26. The molecule has 8 heteroatoms. The molecule has 100 valence electrons. The average molecular weight is 265 g/mol. The maximum atomic E-state index is 11.4. The Labute approximate surface area is 101 Å². The van der Waals surface area contributed by atoms with Crippen molar-refractivity contribution in [3.05, 3.63) is 0 Å². The highest BCUT2D eigenvalue weighted by Gasteiger charge is 2.16. The highest BCUT2D eigenvalue weighted by molar-refractivity contribution is 7.89. The van der Waals surface area contributed by atoms with Gasteiger partial charge in [-0.05, 0) is 19.9 Å². The maximum Gasteiger partial charge on any atom is 0.315 e. The molecule has 0 bridgehead atoms. The minimum absolute atomic E-state index is 0.0955. The summed E-state index contributed by atoms with van der Waals surface area (Å²) in [6, 6.07) is -0.215. The fourth-order valence-corrected chi connectivity index (χ4v) is 2.05. The van der Waals surface area contributed by atoms with Crippen LogP contribution in [0, 0.1) is 0 Å². The zero-order valence-corrected chi connectivity index (χ0v) is 10.7. The first kappa shape index (κ1) is 14.2. The van der Waals surface area contributed by atoms with Crippen LogP contribution < -0.4 is 15.4 Å². The van der Waals surface area contributed by atoms with E-state index in [-0.39, 0.29) is 24.4 Å². The Bertz CT molecular complexity index is 338. The van der Waals surface area contributed by atoms with E-state index in [0.29, 0.717) is 13.2 Å². The molecular weight excluding hydrogens is 246 g/mol. The van der Waals surface area contributed by atoms with E-state index >= 15 is 0 Å². The van der Waals surface area contributed by atoms with Crippen LogP contribution in [0.5, 0.6) is 0 Å². The Morgan fingerprint density at radius 3 is 2.59 bits per heavy atom. The quantitative estimate of drug-likeness (QED) is 0.595. The third kappa shape index (κ3) is 5.85. The van der Waals surface area contributed by atoms with E-state index in [2.05, 4.69) is 15.4 Å². The Hall–Kier alpha value is -0.860. The van der Waals surface area contributed by atoms with Crippen LogP contribution in [-0.4, -0.2) is 53.0 Å². The minimum Gasteiger partial charge on any atom is -0.381 e. The van der Waals surface area contributed by atoms with Crippen LogP contribution in [0.25, 0.3) is 0 Å². The molecule has 1 fully saturated rings. The first-order valence-corrected chi connectivity index (χ1v) is 7.22. The summed E-state index contributed by atoms with van der Waals surface area (Å²) in [5.41, 5.74) is 0. The molecule has 0 aromatic carbocycles. The number of hydrogen-bond acceptors (Lipinski definition) is 4. The van der Waals surface area contributed by atoms with E-state index in [1.165, 1.54) is 7.05 Å². The molecule has 7 nitrogen and oxygen atoms in total. The number of sulfonamides is 1. The standard InChI is InChI=1S/C9H19N3O4S/c1-10-17(14,15)7-4-11-9(13)12-8-2-5-16-6-3-8/h8,10H,2-7H2,1H3,(H2,11,12,13). The monoisotopic (exact) mass is 265 g/mol. The molecule has 1 rings (SSSR count). The summed E-state index contributed by atoms with van der Waals surface area (Å²) in [5.74, 6) is -0.120. The van der Waals surface area contributed by atoms with Crippen molar-refractivity contribution >= 4 is 16.1 Å². The van der Waals surface area contributed by atoms with E-state index in [9.17, 15) is 13.2 Å². The lowest BCUT2D eigenvalue weighted by Crippen LogP contribution is -2.45. The molecule has 1 saturated heterocycles. The normalized spacial score (nSPS) is 17.7. The fraction of sp³-hybridized carbons (Fsp3) is 0.889. The molecule has 0 spiro atoms. The molecule has 0 aromatic rings. The number of carbonyl (C=O) groups excluding carboxylic acids is 1. The van der Waals surface area contributed by atoms with E-state index in [1.54, 1.807) is 0 Å². The van der Waals surface area contributed by atoms with Gasteiger partial charge in [0, 0.05) is 25.8 Å². The molecule has 1 heterocycles. The molecular formula is C9H19N3O4S. The first-order chi connectivity index (χ1) is 8.03. The van der Waals surface area contributed by atoms with Crippen LogP contribution in [0.3, 0.4) is 0 Å². The van der Waals surface area contributed by atoms with Gasteiger partial charge in [0.05, 0.1) is 5.75 Å². The second-order valence-electron chi connectivity index (χ2n) is 3.81. The number of rotatable bonds is 5. The predicted molar refractivity (Wildman–Crippen MR) is 63.2 cm³/mol. The molecule has 1 aliphatic rings. The molecule has 0 radical (unpaired) electrons. The Balaban J connectivity index is 2.16. The van der Waals surface area contributed by atoms with Gasteiger partial charge in [0.25, 0.3) is 0 Å². The van der Waals surface area contributed by atoms with Crippen molar-refractivity contribution in [3.63, 3.8) is 0 Å². The van der Waals surface area contributed by atoms with Gasteiger partial charge in [-0.2, -0.15) is 0 Å². The van der Waals surface area contributed by atoms with E-state index in [1.807, 2.05) is 0 Å². The second kappa shape index (κ2) is 6.77. The van der Waals surface area contributed by atoms with Gasteiger partial charge in [-0.3, -0.25) is 0 Å². The molecule has 0 aliphatic carbocycles. The van der Waals surface area contributed by atoms with Crippen molar-refractivity contribution in [2.24, 2.45) is 0 Å². The lowest BCUT2D eigenvalue weighted by atomic mass is 10.1. The van der Waals surface area contributed by atoms with Crippen molar-refractivity contribution in [1.82, 2.24) is 15.4 Å². The molecule has 3 N–H and O–H groups in total. The zero-order chi connectivity index (χ0) is 12.7. The number of carbonyl (C=O) groups is 1. The number of hydrogen-bond donors (Lipinski definition) is 3. The fourth-order valence-electron chi connectivity index (χ4n) is 1.48. The third-order valence-corrected chi connectivity index (χ3v) is 3.89. The maximum absolute atomic E-state index is 11.4. The zero-order valence-electron chi connectivity index (χ0n) is 9.86. The highest BCUT2D eigenvalue weighted by Crippen LogP contribution is 2.05. The largest absolute Gasteiger partial charge is 0.381 e. The summed E-state index contributed by atoms with van der Waals surface area (Å²) in [5, 5.41) is 5.29. The molecule has 0 aromatic heterocycles. The SMILES string of the molecule is CNS(=O)(=O)CCNC(=O)NC1CCOCC1. The van der Waals surface area contributed by atoms with Crippen LogP contribution in [0.15, 0.2) is 0 Å². The number of nitrogens with one attached hydrogen (secondary N) is 3. The lowest BCUT2D eigenvalue weighted by Gasteiger charge is -2.23. The van der Waals surface area contributed by atoms with Crippen molar-refractivity contribution in [2.75, 3.05) is 32.6 Å². The number of amides is 2. The van der Waals surface area contributed by atoms with Gasteiger partial charge in [-0.15, -0.1) is 0 Å². The molecule has 2 amide bonds. The van der Waals surface area contributed by atoms with Gasteiger partial charge < -0.3 is 15.4 Å². The molecule has 0 atom stereocenters. The van der Waals surface area contributed by atoms with Crippen LogP contribution >= 0.6 is 0 Å². The van der Waals surface area contributed by atoms with Crippen LogP contribution in [-0.2, 0) is 14.8 Å². The number of ether oxygens (including phenoxy) is 1. The summed E-state index contributed by atoms with van der Waals surface area (Å²) in [6.07, 6.45) is 1.59. The van der Waals surface area contributed by atoms with Crippen molar-refractivity contribution in [2.45, 2.75) is 18.9 Å². The molecule has 1 aliphatic heterocycles. The smallest absolute Gasteiger partial charge is 0.315 e. The highest BCUT2D eigenvalue weighted by atomic mass is 32.2. The second-order valence-corrected chi connectivity index (χ2v) is 5.86. The van der Waals surface area contributed by atoms with E-state index < -0.39 is 10.0 Å². The van der Waals surface area contributed by atoms with Gasteiger partial charge >= 0.3 is 6.03 Å². The van der Waals surface area contributed by atoms with Gasteiger partial charge in [0.1, 0.15) is 0 Å². The van der Waals surface area contributed by atoms with Gasteiger partial charge in [-0.1, -0.05) is 0 Å². The summed E-state index contributed by atoms with van der Waals surface area (Å²) < 4.78 is 29.5. The number of urea groups is 1. The summed E-state index contributed by atoms with van der Waals surface area (Å²) >= 11 is 0. The predicted octanol–water partition coefficient (Wildman–Crippen LogP) is -0.986. The van der Waals surface area contributed by atoms with E-state index in [0.717, 1.165) is 12.8 Å². The third-order valence-electron chi connectivity index (χ3n) is 2.52. The first-order valence-electron chi connectivity index (χ1n) is 5.57. The van der Waals surface area contributed by atoms with Crippen molar-refractivity contribution in [3.8, 4) is 0 Å². The summed E-state index contributed by atoms with van der Waals surface area (Å²) in [4.78, 5) is 11.4. The molecule has 17 heavy (non-hydrogen) atoms. The van der Waals surface area contributed by atoms with Crippen LogP contribution in [0.4, 0.5) is 4.79 Å². The van der Waals surface area contributed by atoms with E-state index in [4.69, 9.17) is 4.74 Å². The topological polar surface area (TPSA) is 96.5 Å². The Morgan fingerprint density at radius 2 is 2.00 bits per heavy atom. The van der Waals surface area contributed by atoms with Gasteiger partial charge in [0.15, 0.2) is 0 Å². The van der Waals surface area contributed by atoms with Crippen LogP contribution in [0.2, 0.25) is 0 Å². The Kier molecular flexibility index (Phi) is 5.66. The van der Waals surface area contributed by atoms with Crippen molar-refractivity contribution in [1.29, 1.82) is 0 Å². The van der Waals surface area contributed by atoms with Crippen molar-refractivity contribution < 1.29 is 17.9 Å². The summed E-state index contributed by atoms with van der Waals surface area (Å²) in [6.45, 7) is 1.40.